The van der Waals surface area contributed by atoms with Crippen molar-refractivity contribution < 1.29 is 0 Å². The smallest absolute Gasteiger partial charge is 0.0543 e. The number of benzene rings is 10. The summed E-state index contributed by atoms with van der Waals surface area (Å²) < 4.78 is 0. The van der Waals surface area contributed by atoms with Crippen molar-refractivity contribution in [1.29, 1.82) is 0 Å². The lowest BCUT2D eigenvalue weighted by Crippen LogP contribution is -2.17. The van der Waals surface area contributed by atoms with Gasteiger partial charge in [0.05, 0.1) is 5.69 Å². The zero-order valence-corrected chi connectivity index (χ0v) is 33.2. The molecule has 1 aliphatic rings. The highest BCUT2D eigenvalue weighted by atomic mass is 15.1. The monoisotopic (exact) mass is 754 g/mol. The first-order valence-electron chi connectivity index (χ1n) is 20.5. The van der Waals surface area contributed by atoms with Gasteiger partial charge in [-0.2, -0.15) is 0 Å². The molecule has 0 amide bonds. The van der Waals surface area contributed by atoms with E-state index >= 15 is 0 Å². The first-order valence-corrected chi connectivity index (χ1v) is 20.5. The van der Waals surface area contributed by atoms with Gasteiger partial charge in [0, 0.05) is 39.2 Å². The van der Waals surface area contributed by atoms with E-state index < -0.39 is 0 Å². The fourth-order valence-electron chi connectivity index (χ4n) is 9.39. The van der Waals surface area contributed by atoms with E-state index in [1.165, 1.54) is 71.4 Å². The van der Waals surface area contributed by atoms with E-state index in [4.69, 9.17) is 0 Å². The Hall–Kier alpha value is -7.42. The summed E-state index contributed by atoms with van der Waals surface area (Å²) in [5.74, 6) is 0. The number of para-hydroxylation sites is 2. The molecule has 0 heterocycles. The van der Waals surface area contributed by atoms with E-state index in [2.05, 4.69) is 242 Å². The highest BCUT2D eigenvalue weighted by molar-refractivity contribution is 6.10. The molecule has 2 heteroatoms. The summed E-state index contributed by atoms with van der Waals surface area (Å²) in [5.41, 5.74) is 14.4. The van der Waals surface area contributed by atoms with Gasteiger partial charge in [0.25, 0.3) is 0 Å². The maximum atomic E-state index is 2.47. The van der Waals surface area contributed by atoms with Crippen molar-refractivity contribution in [3.8, 4) is 22.3 Å². The molecule has 0 unspecified atom stereocenters. The van der Waals surface area contributed by atoms with Gasteiger partial charge in [-0.3, -0.25) is 0 Å². The summed E-state index contributed by atoms with van der Waals surface area (Å²) in [6.07, 6.45) is 0. The topological polar surface area (TPSA) is 6.48 Å². The van der Waals surface area contributed by atoms with Crippen LogP contribution in [0.4, 0.5) is 34.1 Å². The molecular weight excluding hydrogens is 713 g/mol. The zero-order valence-electron chi connectivity index (χ0n) is 33.2. The molecule has 0 aromatic heterocycles. The van der Waals surface area contributed by atoms with Crippen LogP contribution in [0.2, 0.25) is 0 Å². The second-order valence-electron chi connectivity index (χ2n) is 16.2. The average molecular weight is 755 g/mol. The molecule has 0 aliphatic heterocycles. The Bertz CT molecular complexity index is 3180. The first-order chi connectivity index (χ1) is 29.0. The van der Waals surface area contributed by atoms with Crippen molar-refractivity contribution >= 4 is 66.4 Å². The van der Waals surface area contributed by atoms with E-state index in [-0.39, 0.29) is 5.41 Å². The minimum atomic E-state index is -0.231. The maximum Gasteiger partial charge on any atom is 0.0543 e. The standard InChI is InChI=1S/C57H42N2/c1-57(2)53-37-44(41-25-30-47(31-26-41)58(45-19-5-3-6-20-45)48-32-27-39-15-9-11-17-42(39)35-48)29-34-52(53)56-51-24-14-13-23-50(51)55(38-54(56)57)59(46-21-7-4-8-22-46)49-33-28-40-16-10-12-18-43(40)36-49/h3-38H,1-2H3. The van der Waals surface area contributed by atoms with Crippen molar-refractivity contribution in [3.05, 3.63) is 230 Å². The van der Waals surface area contributed by atoms with E-state index in [1.807, 2.05) is 0 Å². The van der Waals surface area contributed by atoms with E-state index in [0.717, 1.165) is 28.4 Å². The van der Waals surface area contributed by atoms with Crippen LogP contribution < -0.4 is 9.80 Å². The average Bonchev–Trinajstić information content (AvgIpc) is 3.52. The minimum Gasteiger partial charge on any atom is -0.310 e. The van der Waals surface area contributed by atoms with Gasteiger partial charge >= 0.3 is 0 Å². The second kappa shape index (κ2) is 13.9. The third-order valence-corrected chi connectivity index (χ3v) is 12.4. The zero-order chi connectivity index (χ0) is 39.5. The Morgan fingerprint density at radius 2 is 0.797 bits per heavy atom. The van der Waals surface area contributed by atoms with Gasteiger partial charge in [0.2, 0.25) is 0 Å². The number of fused-ring (bicyclic) bond motifs is 7. The van der Waals surface area contributed by atoms with Gasteiger partial charge in [0.15, 0.2) is 0 Å². The Labute approximate surface area is 345 Å². The summed E-state index contributed by atoms with van der Waals surface area (Å²) in [5, 5.41) is 7.45. The van der Waals surface area contributed by atoms with Crippen LogP contribution in [-0.2, 0) is 5.41 Å². The molecule has 0 fully saturated rings. The first kappa shape index (κ1) is 34.8. The van der Waals surface area contributed by atoms with Crippen LogP contribution in [0.1, 0.15) is 25.0 Å². The largest absolute Gasteiger partial charge is 0.310 e. The molecule has 2 nitrogen and oxygen atoms in total. The van der Waals surface area contributed by atoms with Crippen molar-refractivity contribution in [1.82, 2.24) is 0 Å². The van der Waals surface area contributed by atoms with Crippen LogP contribution in [0.3, 0.4) is 0 Å². The summed E-state index contributed by atoms with van der Waals surface area (Å²) >= 11 is 0. The summed E-state index contributed by atoms with van der Waals surface area (Å²) in [7, 11) is 0. The molecule has 280 valence electrons. The summed E-state index contributed by atoms with van der Waals surface area (Å²) in [6, 6.07) is 79.8. The van der Waals surface area contributed by atoms with Crippen molar-refractivity contribution in [2.45, 2.75) is 19.3 Å². The molecule has 0 N–H and O–H groups in total. The molecule has 11 rings (SSSR count). The number of hydrogen-bond donors (Lipinski definition) is 0. The van der Waals surface area contributed by atoms with Crippen molar-refractivity contribution in [2.75, 3.05) is 9.80 Å². The van der Waals surface area contributed by atoms with Crippen LogP contribution in [0.5, 0.6) is 0 Å². The fraction of sp³-hybridized carbons (Fsp3) is 0.0526. The van der Waals surface area contributed by atoms with Crippen LogP contribution in [0, 0.1) is 0 Å². The third-order valence-electron chi connectivity index (χ3n) is 12.4. The molecule has 1 aliphatic carbocycles. The normalized spacial score (nSPS) is 12.7. The van der Waals surface area contributed by atoms with Crippen LogP contribution in [0.25, 0.3) is 54.6 Å². The molecule has 0 saturated heterocycles. The molecular formula is C57H42N2. The van der Waals surface area contributed by atoms with Gasteiger partial charge in [-0.25, -0.2) is 0 Å². The van der Waals surface area contributed by atoms with Gasteiger partial charge in [-0.05, 0) is 133 Å². The van der Waals surface area contributed by atoms with Gasteiger partial charge in [-0.15, -0.1) is 0 Å². The van der Waals surface area contributed by atoms with Crippen molar-refractivity contribution in [3.63, 3.8) is 0 Å². The van der Waals surface area contributed by atoms with E-state index in [1.54, 1.807) is 0 Å². The van der Waals surface area contributed by atoms with Crippen molar-refractivity contribution in [2.24, 2.45) is 0 Å². The Morgan fingerprint density at radius 1 is 0.322 bits per heavy atom. The lowest BCUT2D eigenvalue weighted by Gasteiger charge is -2.30. The quantitative estimate of drug-likeness (QED) is 0.160. The SMILES string of the molecule is CC1(C)c2cc(-c3ccc(N(c4ccccc4)c4ccc5ccccc5c4)cc3)ccc2-c2c1cc(N(c1ccccc1)c1ccc3ccccc3c1)c1ccccc21. The Morgan fingerprint density at radius 3 is 1.42 bits per heavy atom. The van der Waals surface area contributed by atoms with E-state index in [0.29, 0.717) is 0 Å². The predicted molar refractivity (Wildman–Crippen MR) is 251 cm³/mol. The number of nitrogens with zero attached hydrogens (tertiary/aromatic N) is 2. The van der Waals surface area contributed by atoms with Crippen LogP contribution in [0.15, 0.2) is 218 Å². The third kappa shape index (κ3) is 5.87. The molecule has 0 spiro atoms. The van der Waals surface area contributed by atoms with E-state index in [9.17, 15) is 0 Å². The summed E-state index contributed by atoms with van der Waals surface area (Å²) in [4.78, 5) is 4.79. The Balaban J connectivity index is 1.01. The predicted octanol–water partition coefficient (Wildman–Crippen LogP) is 16.1. The summed E-state index contributed by atoms with van der Waals surface area (Å²) in [6.45, 7) is 4.79. The number of rotatable bonds is 7. The molecule has 0 radical (unpaired) electrons. The lowest BCUT2D eigenvalue weighted by atomic mass is 9.81. The molecule has 0 saturated carbocycles. The molecule has 10 aromatic rings. The molecule has 0 bridgehead atoms. The van der Waals surface area contributed by atoms with Gasteiger partial charge < -0.3 is 9.80 Å². The molecule has 59 heavy (non-hydrogen) atoms. The lowest BCUT2D eigenvalue weighted by molar-refractivity contribution is 0.661. The highest BCUT2D eigenvalue weighted by Crippen LogP contribution is 2.55. The number of hydrogen-bond acceptors (Lipinski definition) is 2. The fourth-order valence-corrected chi connectivity index (χ4v) is 9.39. The highest BCUT2D eigenvalue weighted by Gasteiger charge is 2.38. The van der Waals surface area contributed by atoms with Crippen LogP contribution >= 0.6 is 0 Å². The second-order valence-corrected chi connectivity index (χ2v) is 16.2. The molecule has 10 aromatic carbocycles. The number of anilines is 6. The molecule has 0 atom stereocenters. The van der Waals surface area contributed by atoms with Gasteiger partial charge in [0.1, 0.15) is 0 Å². The van der Waals surface area contributed by atoms with Gasteiger partial charge in [-0.1, -0.05) is 159 Å². The minimum absolute atomic E-state index is 0.231. The maximum absolute atomic E-state index is 2.47. The Kier molecular flexibility index (Phi) is 8.20. The van der Waals surface area contributed by atoms with Crippen LogP contribution in [-0.4, -0.2) is 0 Å².